The highest BCUT2D eigenvalue weighted by molar-refractivity contribution is 6.31. The molecule has 1 amide bonds. The van der Waals surface area contributed by atoms with Crippen LogP contribution in [0.15, 0.2) is 78.9 Å². The molecule has 150 valence electrons. The predicted octanol–water partition coefficient (Wildman–Crippen LogP) is 4.72. The van der Waals surface area contributed by atoms with Crippen molar-refractivity contribution in [3.63, 3.8) is 0 Å². The SMILES string of the molecule is CN1CC(c2ccccc2)C(C(=O)c2ccccc2)C12C(=O)Nc1ccc(Cl)cc12. The molecule has 0 saturated carbocycles. The van der Waals surface area contributed by atoms with Crippen molar-refractivity contribution in [1.29, 1.82) is 0 Å². The van der Waals surface area contributed by atoms with E-state index >= 15 is 0 Å². The first kappa shape index (κ1) is 19.0. The summed E-state index contributed by atoms with van der Waals surface area (Å²) >= 11 is 6.34. The van der Waals surface area contributed by atoms with Gasteiger partial charge >= 0.3 is 0 Å². The highest BCUT2D eigenvalue weighted by atomic mass is 35.5. The molecule has 1 N–H and O–H groups in total. The monoisotopic (exact) mass is 416 g/mol. The Balaban J connectivity index is 1.75. The van der Waals surface area contributed by atoms with Crippen LogP contribution in [0.25, 0.3) is 0 Å². The van der Waals surface area contributed by atoms with Gasteiger partial charge < -0.3 is 5.32 Å². The Morgan fingerprint density at radius 2 is 1.70 bits per heavy atom. The number of hydrogen-bond acceptors (Lipinski definition) is 3. The zero-order chi connectivity index (χ0) is 20.9. The van der Waals surface area contributed by atoms with Crippen LogP contribution in [0.3, 0.4) is 0 Å². The molecule has 2 aliphatic rings. The molecule has 3 aromatic rings. The third kappa shape index (κ3) is 2.64. The third-order valence-electron chi connectivity index (χ3n) is 6.48. The van der Waals surface area contributed by atoms with Crippen molar-refractivity contribution >= 4 is 29.0 Å². The van der Waals surface area contributed by atoms with Crippen LogP contribution < -0.4 is 5.32 Å². The number of likely N-dealkylation sites (tertiary alicyclic amines) is 1. The summed E-state index contributed by atoms with van der Waals surface area (Å²) in [4.78, 5) is 29.5. The molecular formula is C25H21ClN2O2. The van der Waals surface area contributed by atoms with Crippen LogP contribution in [0, 0.1) is 5.92 Å². The molecule has 0 aliphatic carbocycles. The first-order valence-corrected chi connectivity index (χ1v) is 10.4. The lowest BCUT2D eigenvalue weighted by Crippen LogP contribution is -2.51. The second-order valence-corrected chi connectivity index (χ2v) is 8.45. The minimum Gasteiger partial charge on any atom is -0.324 e. The van der Waals surface area contributed by atoms with Crippen LogP contribution in [0.4, 0.5) is 5.69 Å². The molecule has 0 aromatic heterocycles. The number of benzene rings is 3. The van der Waals surface area contributed by atoms with Crippen LogP contribution in [0.5, 0.6) is 0 Å². The van der Waals surface area contributed by atoms with Crippen LogP contribution in [-0.2, 0) is 10.3 Å². The van der Waals surface area contributed by atoms with Gasteiger partial charge in [0.15, 0.2) is 5.78 Å². The molecule has 3 atom stereocenters. The van der Waals surface area contributed by atoms with Gasteiger partial charge in [-0.05, 0) is 30.8 Å². The molecule has 3 unspecified atom stereocenters. The third-order valence-corrected chi connectivity index (χ3v) is 6.72. The average Bonchev–Trinajstić information content (AvgIpc) is 3.24. The van der Waals surface area contributed by atoms with Crippen LogP contribution in [-0.4, -0.2) is 30.2 Å². The number of Topliss-reactive ketones (excluding diaryl/α,β-unsaturated/α-hetero) is 1. The lowest BCUT2D eigenvalue weighted by atomic mass is 9.70. The number of nitrogens with zero attached hydrogens (tertiary/aromatic N) is 1. The largest absolute Gasteiger partial charge is 0.324 e. The first-order valence-electron chi connectivity index (χ1n) is 10.0. The van der Waals surface area contributed by atoms with E-state index in [2.05, 4.69) is 5.32 Å². The Morgan fingerprint density at radius 3 is 2.40 bits per heavy atom. The van der Waals surface area contributed by atoms with Gasteiger partial charge in [0, 0.05) is 34.3 Å². The van der Waals surface area contributed by atoms with Gasteiger partial charge in [-0.3, -0.25) is 14.5 Å². The molecule has 3 aromatic carbocycles. The first-order chi connectivity index (χ1) is 14.5. The van der Waals surface area contributed by atoms with Crippen molar-refractivity contribution in [2.75, 3.05) is 18.9 Å². The van der Waals surface area contributed by atoms with Gasteiger partial charge in [0.05, 0.1) is 5.92 Å². The van der Waals surface area contributed by atoms with Gasteiger partial charge in [-0.1, -0.05) is 72.3 Å². The van der Waals surface area contributed by atoms with Gasteiger partial charge in [-0.25, -0.2) is 0 Å². The molecule has 30 heavy (non-hydrogen) atoms. The molecule has 1 fully saturated rings. The molecule has 1 spiro atoms. The lowest BCUT2D eigenvalue weighted by molar-refractivity contribution is -0.126. The quantitative estimate of drug-likeness (QED) is 0.629. The molecule has 4 nitrogen and oxygen atoms in total. The Hall–Kier alpha value is -2.95. The van der Waals surface area contributed by atoms with E-state index < -0.39 is 11.5 Å². The molecule has 2 aliphatic heterocycles. The van der Waals surface area contributed by atoms with Crippen LogP contribution in [0.2, 0.25) is 5.02 Å². The summed E-state index contributed by atoms with van der Waals surface area (Å²) in [6.07, 6.45) is 0. The van der Waals surface area contributed by atoms with Gasteiger partial charge in [-0.2, -0.15) is 0 Å². The normalized spacial score (nSPS) is 25.3. The topological polar surface area (TPSA) is 49.4 Å². The fourth-order valence-electron chi connectivity index (χ4n) is 5.19. The van der Waals surface area contributed by atoms with Crippen LogP contribution >= 0.6 is 11.6 Å². The summed E-state index contributed by atoms with van der Waals surface area (Å²) in [6, 6.07) is 24.6. The van der Waals surface area contributed by atoms with Crippen molar-refractivity contribution in [2.24, 2.45) is 5.92 Å². The van der Waals surface area contributed by atoms with E-state index in [1.807, 2.05) is 84.7 Å². The summed E-state index contributed by atoms with van der Waals surface area (Å²) in [6.45, 7) is 0.590. The van der Waals surface area contributed by atoms with E-state index in [0.29, 0.717) is 17.1 Å². The Kier molecular flexibility index (Phi) is 4.49. The van der Waals surface area contributed by atoms with Crippen molar-refractivity contribution in [3.05, 3.63) is 101 Å². The number of amides is 1. The van der Waals surface area contributed by atoms with Gasteiger partial charge in [0.2, 0.25) is 5.91 Å². The zero-order valence-electron chi connectivity index (χ0n) is 16.5. The number of ketones is 1. The maximum Gasteiger partial charge on any atom is 0.250 e. The maximum absolute atomic E-state index is 13.9. The van der Waals surface area contributed by atoms with Gasteiger partial charge in [0.25, 0.3) is 0 Å². The summed E-state index contributed by atoms with van der Waals surface area (Å²) < 4.78 is 0. The maximum atomic E-state index is 13.9. The molecule has 0 radical (unpaired) electrons. The van der Waals surface area contributed by atoms with E-state index in [4.69, 9.17) is 11.6 Å². The predicted molar refractivity (Wildman–Crippen MR) is 118 cm³/mol. The van der Waals surface area contributed by atoms with E-state index in [1.54, 1.807) is 6.07 Å². The molecule has 1 saturated heterocycles. The fraction of sp³-hybridized carbons (Fsp3) is 0.200. The number of halogens is 1. The minimum atomic E-state index is -1.10. The molecule has 2 heterocycles. The van der Waals surface area contributed by atoms with Crippen molar-refractivity contribution in [3.8, 4) is 0 Å². The average molecular weight is 417 g/mol. The number of nitrogens with one attached hydrogen (secondary N) is 1. The lowest BCUT2D eigenvalue weighted by Gasteiger charge is -2.35. The molecular weight excluding hydrogens is 396 g/mol. The van der Waals surface area contributed by atoms with E-state index in [1.165, 1.54) is 0 Å². The second kappa shape index (κ2) is 7.08. The van der Waals surface area contributed by atoms with Crippen molar-refractivity contribution < 1.29 is 9.59 Å². The zero-order valence-corrected chi connectivity index (χ0v) is 17.3. The molecule has 5 rings (SSSR count). The summed E-state index contributed by atoms with van der Waals surface area (Å²) in [5.74, 6) is -0.904. The minimum absolute atomic E-state index is 0.0308. The fourth-order valence-corrected chi connectivity index (χ4v) is 5.37. The van der Waals surface area contributed by atoms with Gasteiger partial charge in [-0.15, -0.1) is 0 Å². The number of anilines is 1. The smallest absolute Gasteiger partial charge is 0.250 e. The summed E-state index contributed by atoms with van der Waals surface area (Å²) in [5.41, 5.74) is 2.06. The van der Waals surface area contributed by atoms with Crippen LogP contribution in [0.1, 0.15) is 27.4 Å². The van der Waals surface area contributed by atoms with Crippen molar-refractivity contribution in [1.82, 2.24) is 4.90 Å². The Bertz CT molecular complexity index is 1130. The number of carbonyl (C=O) groups is 2. The van der Waals surface area contributed by atoms with E-state index in [9.17, 15) is 9.59 Å². The van der Waals surface area contributed by atoms with E-state index in [-0.39, 0.29) is 17.6 Å². The Labute approximate surface area is 180 Å². The summed E-state index contributed by atoms with van der Waals surface area (Å²) in [5, 5.41) is 3.55. The van der Waals surface area contributed by atoms with E-state index in [0.717, 1.165) is 16.8 Å². The number of hydrogen-bond donors (Lipinski definition) is 1. The highest BCUT2D eigenvalue weighted by Gasteiger charge is 2.64. The second-order valence-electron chi connectivity index (χ2n) is 8.02. The number of carbonyl (C=O) groups excluding carboxylic acids is 2. The number of likely N-dealkylation sites (N-methyl/N-ethyl adjacent to an activating group) is 1. The number of rotatable bonds is 3. The Morgan fingerprint density at radius 1 is 1.03 bits per heavy atom. The number of fused-ring (bicyclic) bond motifs is 2. The standard InChI is InChI=1S/C25H21ClN2O2/c1-28-15-19(16-8-4-2-5-9-16)22(23(29)17-10-6-3-7-11-17)25(28)20-14-18(26)12-13-21(20)27-24(25)30/h2-14,19,22H,15H2,1H3,(H,27,30). The molecule has 0 bridgehead atoms. The van der Waals surface area contributed by atoms with Gasteiger partial charge in [0.1, 0.15) is 5.54 Å². The summed E-state index contributed by atoms with van der Waals surface area (Å²) in [7, 11) is 1.92. The molecule has 5 heteroatoms. The highest BCUT2D eigenvalue weighted by Crippen LogP contribution is 2.55. The van der Waals surface area contributed by atoms with Crippen molar-refractivity contribution in [2.45, 2.75) is 11.5 Å².